The van der Waals surface area contributed by atoms with Crippen LogP contribution in [0.1, 0.15) is 32.4 Å². The third kappa shape index (κ3) is 4.62. The van der Waals surface area contributed by atoms with Gasteiger partial charge >= 0.3 is 0 Å². The number of amides is 2. The van der Waals surface area contributed by atoms with Crippen molar-refractivity contribution in [3.63, 3.8) is 0 Å². The van der Waals surface area contributed by atoms with E-state index in [-0.39, 0.29) is 16.8 Å². The van der Waals surface area contributed by atoms with Gasteiger partial charge in [-0.25, -0.2) is 5.01 Å². The number of nitrogens with zero attached hydrogens (tertiary/aromatic N) is 2. The van der Waals surface area contributed by atoms with Gasteiger partial charge in [0.05, 0.1) is 16.1 Å². The second-order valence-corrected chi connectivity index (χ2v) is 8.21. The molecule has 0 aromatic heterocycles. The van der Waals surface area contributed by atoms with Crippen LogP contribution in [0.3, 0.4) is 0 Å². The SMILES string of the molecule is C=CCOc1ccc(C(=O)NN2C(=O)c3cc(Br)ccc3NC2c2ccccc2[N+](=O)[O-])cc1. The predicted molar refractivity (Wildman–Crippen MR) is 129 cm³/mol. The smallest absolute Gasteiger partial charge is 0.276 e. The highest BCUT2D eigenvalue weighted by atomic mass is 79.9. The molecule has 1 aliphatic rings. The summed E-state index contributed by atoms with van der Waals surface area (Å²) in [6.07, 6.45) is 0.594. The molecule has 1 atom stereocenters. The first-order valence-corrected chi connectivity index (χ1v) is 11.0. The molecule has 9 nitrogen and oxygen atoms in total. The Morgan fingerprint density at radius 3 is 2.65 bits per heavy atom. The molecule has 3 aromatic rings. The van der Waals surface area contributed by atoms with E-state index in [1.165, 1.54) is 18.2 Å². The molecule has 1 unspecified atom stereocenters. The number of hydrazine groups is 1. The zero-order valence-corrected chi connectivity index (χ0v) is 19.3. The van der Waals surface area contributed by atoms with E-state index in [0.29, 0.717) is 28.1 Å². The maximum absolute atomic E-state index is 13.4. The maximum Gasteiger partial charge on any atom is 0.276 e. The van der Waals surface area contributed by atoms with Crippen LogP contribution in [0.4, 0.5) is 11.4 Å². The summed E-state index contributed by atoms with van der Waals surface area (Å²) in [6, 6.07) is 17.5. The van der Waals surface area contributed by atoms with Gasteiger partial charge in [0.1, 0.15) is 12.4 Å². The summed E-state index contributed by atoms with van der Waals surface area (Å²) < 4.78 is 6.10. The molecule has 0 saturated carbocycles. The number of anilines is 1. The molecule has 1 aliphatic heterocycles. The van der Waals surface area contributed by atoms with Gasteiger partial charge in [-0.05, 0) is 48.5 Å². The van der Waals surface area contributed by atoms with E-state index >= 15 is 0 Å². The predicted octanol–water partition coefficient (Wildman–Crippen LogP) is 4.83. The highest BCUT2D eigenvalue weighted by molar-refractivity contribution is 9.10. The number of ether oxygens (including phenoxy) is 1. The molecule has 172 valence electrons. The van der Waals surface area contributed by atoms with Crippen LogP contribution in [-0.2, 0) is 0 Å². The molecule has 34 heavy (non-hydrogen) atoms. The Hall–Kier alpha value is -4.18. The number of nitrogens with one attached hydrogen (secondary N) is 2. The molecular formula is C24H19BrN4O5. The monoisotopic (exact) mass is 522 g/mol. The minimum absolute atomic E-state index is 0.184. The summed E-state index contributed by atoms with van der Waals surface area (Å²) in [5.41, 5.74) is 3.72. The third-order valence-electron chi connectivity index (χ3n) is 5.12. The number of carbonyl (C=O) groups excluding carboxylic acids is 2. The molecule has 10 heteroatoms. The Bertz CT molecular complexity index is 1280. The lowest BCUT2D eigenvalue weighted by atomic mass is 10.0. The van der Waals surface area contributed by atoms with Crippen LogP contribution in [0.15, 0.2) is 83.9 Å². The summed E-state index contributed by atoms with van der Waals surface area (Å²) in [5.74, 6) is -0.520. The van der Waals surface area contributed by atoms with Crippen molar-refractivity contribution in [2.45, 2.75) is 6.17 Å². The molecule has 2 N–H and O–H groups in total. The summed E-state index contributed by atoms with van der Waals surface area (Å²) >= 11 is 3.35. The van der Waals surface area contributed by atoms with E-state index in [1.54, 1.807) is 54.6 Å². The van der Waals surface area contributed by atoms with Crippen LogP contribution >= 0.6 is 15.9 Å². The van der Waals surface area contributed by atoms with Crippen molar-refractivity contribution >= 4 is 39.1 Å². The van der Waals surface area contributed by atoms with Gasteiger partial charge in [-0.1, -0.05) is 40.7 Å². The van der Waals surface area contributed by atoms with Crippen LogP contribution in [0.5, 0.6) is 5.75 Å². The quantitative estimate of drug-likeness (QED) is 0.261. The molecule has 4 rings (SSSR count). The molecule has 0 bridgehead atoms. The number of hydrogen-bond acceptors (Lipinski definition) is 6. The minimum atomic E-state index is -1.01. The van der Waals surface area contributed by atoms with Crippen molar-refractivity contribution in [2.24, 2.45) is 0 Å². The minimum Gasteiger partial charge on any atom is -0.490 e. The number of fused-ring (bicyclic) bond motifs is 1. The van der Waals surface area contributed by atoms with Gasteiger partial charge in [-0.15, -0.1) is 0 Å². The highest BCUT2D eigenvalue weighted by Crippen LogP contribution is 2.36. The fourth-order valence-corrected chi connectivity index (χ4v) is 3.89. The summed E-state index contributed by atoms with van der Waals surface area (Å²) in [4.78, 5) is 37.6. The Balaban J connectivity index is 1.70. The van der Waals surface area contributed by atoms with Crippen LogP contribution in [-0.4, -0.2) is 28.4 Å². The molecule has 2 amide bonds. The van der Waals surface area contributed by atoms with Gasteiger partial charge in [0.25, 0.3) is 17.5 Å². The van der Waals surface area contributed by atoms with Crippen LogP contribution in [0.2, 0.25) is 0 Å². The van der Waals surface area contributed by atoms with Gasteiger partial charge < -0.3 is 10.1 Å². The molecule has 0 radical (unpaired) electrons. The van der Waals surface area contributed by atoms with E-state index in [9.17, 15) is 19.7 Å². The van der Waals surface area contributed by atoms with E-state index in [0.717, 1.165) is 5.01 Å². The van der Waals surface area contributed by atoms with E-state index < -0.39 is 22.9 Å². The zero-order valence-electron chi connectivity index (χ0n) is 17.7. The van der Waals surface area contributed by atoms with E-state index in [2.05, 4.69) is 33.3 Å². The average Bonchev–Trinajstić information content (AvgIpc) is 2.85. The second kappa shape index (κ2) is 9.75. The summed E-state index contributed by atoms with van der Waals surface area (Å²) in [7, 11) is 0. The summed E-state index contributed by atoms with van der Waals surface area (Å²) in [5, 5.41) is 15.9. The molecule has 0 spiro atoms. The number of hydrogen-bond donors (Lipinski definition) is 2. The number of nitro benzene ring substituents is 1. The van der Waals surface area contributed by atoms with Crippen LogP contribution in [0.25, 0.3) is 0 Å². The first kappa shape index (κ1) is 23.0. The Kier molecular flexibility index (Phi) is 6.60. The first-order valence-electron chi connectivity index (χ1n) is 10.2. The van der Waals surface area contributed by atoms with E-state index in [1.807, 2.05) is 0 Å². The van der Waals surface area contributed by atoms with Crippen molar-refractivity contribution in [3.8, 4) is 5.75 Å². The zero-order chi connectivity index (χ0) is 24.2. The Morgan fingerprint density at radius 2 is 1.94 bits per heavy atom. The lowest BCUT2D eigenvalue weighted by Crippen LogP contribution is -2.53. The fraction of sp³-hybridized carbons (Fsp3) is 0.0833. The fourth-order valence-electron chi connectivity index (χ4n) is 3.53. The van der Waals surface area contributed by atoms with Crippen LogP contribution < -0.4 is 15.5 Å². The highest BCUT2D eigenvalue weighted by Gasteiger charge is 2.37. The second-order valence-electron chi connectivity index (χ2n) is 7.29. The normalized spacial score (nSPS) is 14.6. The van der Waals surface area contributed by atoms with Gasteiger partial charge in [0, 0.05) is 21.8 Å². The van der Waals surface area contributed by atoms with Gasteiger partial charge in [0.15, 0.2) is 6.17 Å². The van der Waals surface area contributed by atoms with Crippen molar-refractivity contribution in [1.29, 1.82) is 0 Å². The van der Waals surface area contributed by atoms with Crippen molar-refractivity contribution in [2.75, 3.05) is 11.9 Å². The topological polar surface area (TPSA) is 114 Å². The van der Waals surface area contributed by atoms with Crippen molar-refractivity contribution in [3.05, 3.63) is 111 Å². The maximum atomic E-state index is 13.4. The summed E-state index contributed by atoms with van der Waals surface area (Å²) in [6.45, 7) is 3.91. The molecular weight excluding hydrogens is 504 g/mol. The number of rotatable bonds is 7. The number of carbonyl (C=O) groups is 2. The molecule has 0 aliphatic carbocycles. The van der Waals surface area contributed by atoms with Crippen molar-refractivity contribution in [1.82, 2.24) is 10.4 Å². The number of benzene rings is 3. The number of para-hydroxylation sites is 1. The Labute approximate surface area is 203 Å². The number of nitro groups is 1. The first-order chi connectivity index (χ1) is 16.4. The average molecular weight is 523 g/mol. The van der Waals surface area contributed by atoms with Gasteiger partial charge in [-0.3, -0.25) is 25.1 Å². The van der Waals surface area contributed by atoms with Crippen LogP contribution in [0, 0.1) is 10.1 Å². The van der Waals surface area contributed by atoms with E-state index in [4.69, 9.17) is 4.74 Å². The molecule has 0 fully saturated rings. The largest absolute Gasteiger partial charge is 0.490 e. The molecule has 1 heterocycles. The molecule has 0 saturated heterocycles. The molecule has 3 aromatic carbocycles. The lowest BCUT2D eigenvalue weighted by Gasteiger charge is -2.37. The van der Waals surface area contributed by atoms with Crippen molar-refractivity contribution < 1.29 is 19.2 Å². The Morgan fingerprint density at radius 1 is 1.21 bits per heavy atom. The third-order valence-corrected chi connectivity index (χ3v) is 5.61. The van der Waals surface area contributed by atoms with Gasteiger partial charge in [0.2, 0.25) is 0 Å². The number of halogens is 1. The van der Waals surface area contributed by atoms with Gasteiger partial charge in [-0.2, -0.15) is 0 Å². The lowest BCUT2D eigenvalue weighted by molar-refractivity contribution is -0.385. The standard InChI is InChI=1S/C24H19BrN4O5/c1-2-13-34-17-10-7-15(8-11-17)23(30)27-28-22(18-5-3-4-6-21(18)29(32)33)26-20-12-9-16(25)14-19(20)24(28)31/h2-12,14,22,26H,1,13H2,(H,27,30).